The minimum absolute atomic E-state index is 0.0444. The van der Waals surface area contributed by atoms with Gasteiger partial charge in [-0.3, -0.25) is 4.79 Å². The Morgan fingerprint density at radius 1 is 1.16 bits per heavy atom. The van der Waals surface area contributed by atoms with Gasteiger partial charge in [0, 0.05) is 12.1 Å². The Hall–Kier alpha value is -1.75. The number of piperidine rings is 1. The fourth-order valence-corrected chi connectivity index (χ4v) is 3.32. The lowest BCUT2D eigenvalue weighted by molar-refractivity contribution is 0.0284. The molecule has 0 spiro atoms. The van der Waals surface area contributed by atoms with Crippen LogP contribution in [0.15, 0.2) is 18.2 Å². The van der Waals surface area contributed by atoms with Crippen molar-refractivity contribution in [3.8, 4) is 11.5 Å². The van der Waals surface area contributed by atoms with Crippen LogP contribution < -0.4 is 0 Å². The molecule has 3 rings (SSSR count). The van der Waals surface area contributed by atoms with Crippen LogP contribution in [0.2, 0.25) is 0 Å². The number of aliphatic hydroxyl groups is 1. The predicted molar refractivity (Wildman–Crippen MR) is 68.0 cm³/mol. The predicted octanol–water partition coefficient (Wildman–Crippen LogP) is 1.23. The highest BCUT2D eigenvalue weighted by molar-refractivity contribution is 5.98. The van der Waals surface area contributed by atoms with Crippen molar-refractivity contribution >= 4 is 5.91 Å². The molecule has 2 bridgehead atoms. The fraction of sp³-hybridized carbons (Fsp3) is 0.500. The number of hydrogen-bond acceptors (Lipinski definition) is 4. The smallest absolute Gasteiger partial charge is 0.258 e. The Balaban J connectivity index is 1.91. The third-order valence-corrected chi connectivity index (χ3v) is 4.19. The molecule has 2 unspecified atom stereocenters. The lowest BCUT2D eigenvalue weighted by Crippen LogP contribution is -2.48. The van der Waals surface area contributed by atoms with E-state index in [0.29, 0.717) is 12.8 Å². The molecule has 0 aliphatic carbocycles. The second-order valence-electron chi connectivity index (χ2n) is 5.40. The Morgan fingerprint density at radius 2 is 1.79 bits per heavy atom. The monoisotopic (exact) mass is 263 g/mol. The summed E-state index contributed by atoms with van der Waals surface area (Å²) >= 11 is 0. The molecule has 1 aromatic carbocycles. The van der Waals surface area contributed by atoms with Crippen molar-refractivity contribution in [2.45, 2.75) is 43.9 Å². The Labute approximate surface area is 111 Å². The molecule has 1 amide bonds. The molecular formula is C14H17NO4. The first kappa shape index (κ1) is 12.3. The molecule has 0 saturated carbocycles. The summed E-state index contributed by atoms with van der Waals surface area (Å²) in [7, 11) is 0. The molecule has 102 valence electrons. The van der Waals surface area contributed by atoms with Gasteiger partial charge in [0.1, 0.15) is 0 Å². The highest BCUT2D eigenvalue weighted by Gasteiger charge is 2.43. The number of aliphatic hydroxyl groups excluding tert-OH is 1. The third kappa shape index (κ3) is 1.94. The van der Waals surface area contributed by atoms with Gasteiger partial charge in [0.2, 0.25) is 0 Å². The standard InChI is InChI=1S/C14H17NO4/c16-10-6-8-4-5-9(7-10)15(8)14(19)11-2-1-3-12(17)13(11)18/h1-3,8-10,16-18H,4-7H2. The zero-order valence-corrected chi connectivity index (χ0v) is 10.5. The Bertz CT molecular complexity index is 502. The highest BCUT2D eigenvalue weighted by atomic mass is 16.3. The van der Waals surface area contributed by atoms with Gasteiger partial charge in [-0.2, -0.15) is 0 Å². The zero-order valence-electron chi connectivity index (χ0n) is 10.5. The molecule has 5 heteroatoms. The fourth-order valence-electron chi connectivity index (χ4n) is 3.32. The van der Waals surface area contributed by atoms with Crippen molar-refractivity contribution in [1.29, 1.82) is 0 Å². The van der Waals surface area contributed by atoms with Crippen LogP contribution in [-0.2, 0) is 0 Å². The molecule has 3 N–H and O–H groups in total. The molecule has 2 aliphatic rings. The SMILES string of the molecule is O=C(c1cccc(O)c1O)N1C2CCC1CC(O)C2. The lowest BCUT2D eigenvalue weighted by Gasteiger charge is -2.37. The van der Waals surface area contributed by atoms with Crippen molar-refractivity contribution in [2.75, 3.05) is 0 Å². The first-order valence-corrected chi connectivity index (χ1v) is 6.59. The summed E-state index contributed by atoms with van der Waals surface area (Å²) in [5.41, 5.74) is 0.133. The number of phenols is 2. The molecule has 2 saturated heterocycles. The normalized spacial score (nSPS) is 29.5. The number of aromatic hydroxyl groups is 2. The van der Waals surface area contributed by atoms with Crippen molar-refractivity contribution in [1.82, 2.24) is 4.90 Å². The minimum Gasteiger partial charge on any atom is -0.504 e. The van der Waals surface area contributed by atoms with Gasteiger partial charge < -0.3 is 20.2 Å². The first-order chi connectivity index (χ1) is 9.08. The number of amides is 1. The van der Waals surface area contributed by atoms with Crippen LogP contribution in [-0.4, -0.2) is 44.3 Å². The summed E-state index contributed by atoms with van der Waals surface area (Å²) in [5.74, 6) is -0.902. The van der Waals surface area contributed by atoms with Gasteiger partial charge in [-0.25, -0.2) is 0 Å². The molecule has 0 radical (unpaired) electrons. The van der Waals surface area contributed by atoms with Crippen molar-refractivity contribution in [2.24, 2.45) is 0 Å². The van der Waals surface area contributed by atoms with Gasteiger partial charge >= 0.3 is 0 Å². The van der Waals surface area contributed by atoms with E-state index in [0.717, 1.165) is 12.8 Å². The molecular weight excluding hydrogens is 246 g/mol. The van der Waals surface area contributed by atoms with Crippen molar-refractivity contribution in [3.63, 3.8) is 0 Å². The number of carbonyl (C=O) groups is 1. The summed E-state index contributed by atoms with van der Waals surface area (Å²) in [6.45, 7) is 0. The second kappa shape index (κ2) is 4.42. The number of phenolic OH excluding ortho intramolecular Hbond substituents is 2. The van der Waals surface area contributed by atoms with Gasteiger partial charge in [0.15, 0.2) is 11.5 Å². The van der Waals surface area contributed by atoms with Crippen LogP contribution in [0.1, 0.15) is 36.0 Å². The van der Waals surface area contributed by atoms with E-state index in [-0.39, 0.29) is 41.2 Å². The van der Waals surface area contributed by atoms with Crippen molar-refractivity contribution in [3.05, 3.63) is 23.8 Å². The highest BCUT2D eigenvalue weighted by Crippen LogP contribution is 2.38. The van der Waals surface area contributed by atoms with E-state index < -0.39 is 0 Å². The Morgan fingerprint density at radius 3 is 2.42 bits per heavy atom. The summed E-state index contributed by atoms with van der Waals surface area (Å²) in [6, 6.07) is 4.50. The van der Waals surface area contributed by atoms with E-state index >= 15 is 0 Å². The van der Waals surface area contributed by atoms with Crippen LogP contribution >= 0.6 is 0 Å². The van der Waals surface area contributed by atoms with E-state index in [1.807, 2.05) is 0 Å². The van der Waals surface area contributed by atoms with Crippen LogP contribution in [0.4, 0.5) is 0 Å². The molecule has 2 atom stereocenters. The molecule has 2 fully saturated rings. The topological polar surface area (TPSA) is 81.0 Å². The van der Waals surface area contributed by atoms with Gasteiger partial charge in [-0.15, -0.1) is 0 Å². The summed E-state index contributed by atoms with van der Waals surface area (Å²) in [4.78, 5) is 14.3. The summed E-state index contributed by atoms with van der Waals surface area (Å²) < 4.78 is 0. The summed E-state index contributed by atoms with van der Waals surface area (Å²) in [5, 5.41) is 29.0. The number of carbonyl (C=O) groups excluding carboxylic acids is 1. The van der Waals surface area contributed by atoms with Gasteiger partial charge in [0.05, 0.1) is 11.7 Å². The van der Waals surface area contributed by atoms with E-state index in [1.165, 1.54) is 12.1 Å². The minimum atomic E-state index is -0.363. The molecule has 1 aromatic rings. The van der Waals surface area contributed by atoms with Crippen LogP contribution in [0.25, 0.3) is 0 Å². The van der Waals surface area contributed by atoms with Crippen LogP contribution in [0.3, 0.4) is 0 Å². The number of benzene rings is 1. The van der Waals surface area contributed by atoms with E-state index in [4.69, 9.17) is 0 Å². The quantitative estimate of drug-likeness (QED) is 0.666. The molecule has 5 nitrogen and oxygen atoms in total. The van der Waals surface area contributed by atoms with E-state index in [1.54, 1.807) is 11.0 Å². The van der Waals surface area contributed by atoms with Gasteiger partial charge in [-0.05, 0) is 37.8 Å². The van der Waals surface area contributed by atoms with E-state index in [2.05, 4.69) is 0 Å². The molecule has 2 aliphatic heterocycles. The maximum atomic E-state index is 12.5. The molecule has 19 heavy (non-hydrogen) atoms. The first-order valence-electron chi connectivity index (χ1n) is 6.59. The van der Waals surface area contributed by atoms with Gasteiger partial charge in [0.25, 0.3) is 5.91 Å². The molecule has 2 heterocycles. The van der Waals surface area contributed by atoms with E-state index in [9.17, 15) is 20.1 Å². The van der Waals surface area contributed by atoms with Crippen LogP contribution in [0.5, 0.6) is 11.5 Å². The Kier molecular flexibility index (Phi) is 2.86. The number of para-hydroxylation sites is 1. The van der Waals surface area contributed by atoms with Crippen LogP contribution in [0, 0.1) is 0 Å². The van der Waals surface area contributed by atoms with Crippen molar-refractivity contribution < 1.29 is 20.1 Å². The average molecular weight is 263 g/mol. The number of rotatable bonds is 1. The molecule has 0 aromatic heterocycles. The number of hydrogen-bond donors (Lipinski definition) is 3. The lowest BCUT2D eigenvalue weighted by atomic mass is 9.98. The second-order valence-corrected chi connectivity index (χ2v) is 5.40. The third-order valence-electron chi connectivity index (χ3n) is 4.19. The summed E-state index contributed by atoms with van der Waals surface area (Å²) in [6.07, 6.45) is 2.66. The maximum absolute atomic E-state index is 12.5. The zero-order chi connectivity index (χ0) is 13.6. The number of fused-ring (bicyclic) bond motifs is 2. The average Bonchev–Trinajstić information content (AvgIpc) is 2.64. The largest absolute Gasteiger partial charge is 0.504 e. The number of nitrogens with zero attached hydrogens (tertiary/aromatic N) is 1. The van der Waals surface area contributed by atoms with Gasteiger partial charge in [-0.1, -0.05) is 6.07 Å². The maximum Gasteiger partial charge on any atom is 0.258 e.